The van der Waals surface area contributed by atoms with E-state index in [1.165, 1.54) is 0 Å². The third-order valence-electron chi connectivity index (χ3n) is 2.96. The van der Waals surface area contributed by atoms with Crippen molar-refractivity contribution in [1.82, 2.24) is 5.32 Å². The number of carbonyl (C=O) groups excluding carboxylic acids is 1. The van der Waals surface area contributed by atoms with Crippen LogP contribution in [0.1, 0.15) is 19.4 Å². The van der Waals surface area contributed by atoms with Gasteiger partial charge in [0.1, 0.15) is 5.60 Å². The standard InChI is InChI=1S/C15H24N2O5/c1-11(2)22-7-12-3-5-13(6-4-12)17-14(20)16-8-15(21,9-18)10-19/h3-6,11,18-19,21H,7-10H2,1-2H3,(H2,16,17,20). The first-order valence-electron chi connectivity index (χ1n) is 7.08. The first-order valence-corrected chi connectivity index (χ1v) is 7.08. The molecule has 0 aliphatic carbocycles. The first-order chi connectivity index (χ1) is 10.4. The molecule has 1 rings (SSSR count). The summed E-state index contributed by atoms with van der Waals surface area (Å²) < 4.78 is 5.47. The molecule has 0 unspecified atom stereocenters. The molecule has 0 aliphatic rings. The number of nitrogens with one attached hydrogen (secondary N) is 2. The second-order valence-corrected chi connectivity index (χ2v) is 5.40. The van der Waals surface area contributed by atoms with Gasteiger partial charge in [0.25, 0.3) is 0 Å². The van der Waals surface area contributed by atoms with Gasteiger partial charge in [-0.2, -0.15) is 0 Å². The zero-order chi connectivity index (χ0) is 16.6. The van der Waals surface area contributed by atoms with Crippen molar-refractivity contribution < 1.29 is 24.9 Å². The van der Waals surface area contributed by atoms with Gasteiger partial charge in [0, 0.05) is 5.69 Å². The summed E-state index contributed by atoms with van der Waals surface area (Å²) in [6.45, 7) is 2.87. The van der Waals surface area contributed by atoms with Gasteiger partial charge in [-0.15, -0.1) is 0 Å². The van der Waals surface area contributed by atoms with Crippen molar-refractivity contribution in [3.8, 4) is 0 Å². The van der Waals surface area contributed by atoms with E-state index in [0.29, 0.717) is 12.3 Å². The number of carbonyl (C=O) groups is 1. The van der Waals surface area contributed by atoms with Crippen molar-refractivity contribution in [2.75, 3.05) is 25.1 Å². The highest BCUT2D eigenvalue weighted by molar-refractivity contribution is 5.89. The van der Waals surface area contributed by atoms with Crippen LogP contribution in [0, 0.1) is 0 Å². The lowest BCUT2D eigenvalue weighted by Gasteiger charge is -2.23. The van der Waals surface area contributed by atoms with E-state index >= 15 is 0 Å². The molecule has 1 aromatic rings. The van der Waals surface area contributed by atoms with Gasteiger partial charge in [-0.05, 0) is 31.5 Å². The maximum atomic E-state index is 11.7. The van der Waals surface area contributed by atoms with E-state index < -0.39 is 24.8 Å². The molecule has 0 saturated carbocycles. The summed E-state index contributed by atoms with van der Waals surface area (Å²) in [4.78, 5) is 11.7. The number of ether oxygens (including phenoxy) is 1. The molecule has 0 bridgehead atoms. The van der Waals surface area contributed by atoms with Crippen LogP contribution in [-0.4, -0.2) is 52.8 Å². The molecular formula is C15H24N2O5. The van der Waals surface area contributed by atoms with Crippen molar-refractivity contribution in [2.24, 2.45) is 0 Å². The fraction of sp³-hybridized carbons (Fsp3) is 0.533. The van der Waals surface area contributed by atoms with Gasteiger partial charge in [0.2, 0.25) is 0 Å². The molecule has 0 spiro atoms. The quantitative estimate of drug-likeness (QED) is 0.478. The van der Waals surface area contributed by atoms with Crippen molar-refractivity contribution in [2.45, 2.75) is 32.2 Å². The summed E-state index contributed by atoms with van der Waals surface area (Å²) in [5, 5.41) is 32.4. The second kappa shape index (κ2) is 8.70. The predicted molar refractivity (Wildman–Crippen MR) is 82.5 cm³/mol. The normalized spacial score (nSPS) is 11.5. The van der Waals surface area contributed by atoms with E-state index in [-0.39, 0.29) is 12.6 Å². The zero-order valence-corrected chi connectivity index (χ0v) is 12.9. The summed E-state index contributed by atoms with van der Waals surface area (Å²) in [7, 11) is 0. The van der Waals surface area contributed by atoms with Crippen molar-refractivity contribution >= 4 is 11.7 Å². The molecule has 0 aromatic heterocycles. The third kappa shape index (κ3) is 6.40. The Morgan fingerprint density at radius 1 is 1.23 bits per heavy atom. The van der Waals surface area contributed by atoms with Crippen LogP contribution in [0.5, 0.6) is 0 Å². The van der Waals surface area contributed by atoms with E-state index in [1.807, 2.05) is 26.0 Å². The van der Waals surface area contributed by atoms with Crippen LogP contribution in [0.4, 0.5) is 10.5 Å². The monoisotopic (exact) mass is 312 g/mol. The third-order valence-corrected chi connectivity index (χ3v) is 2.96. The van der Waals surface area contributed by atoms with Crippen molar-refractivity contribution in [3.63, 3.8) is 0 Å². The summed E-state index contributed by atoms with van der Waals surface area (Å²) in [5.74, 6) is 0. The first kappa shape index (κ1) is 18.4. The Morgan fingerprint density at radius 2 is 1.82 bits per heavy atom. The minimum atomic E-state index is -1.73. The number of hydrogen-bond acceptors (Lipinski definition) is 5. The van der Waals surface area contributed by atoms with Gasteiger partial charge < -0.3 is 30.7 Å². The molecule has 0 saturated heterocycles. The summed E-state index contributed by atoms with van der Waals surface area (Å²) in [6, 6.07) is 6.63. The van der Waals surface area contributed by atoms with Crippen LogP contribution in [0.25, 0.3) is 0 Å². The Balaban J connectivity index is 2.44. The van der Waals surface area contributed by atoms with Gasteiger partial charge in [-0.1, -0.05) is 12.1 Å². The highest BCUT2D eigenvalue weighted by Crippen LogP contribution is 2.11. The number of amides is 2. The van der Waals surface area contributed by atoms with Crippen LogP contribution < -0.4 is 10.6 Å². The molecule has 22 heavy (non-hydrogen) atoms. The lowest BCUT2D eigenvalue weighted by molar-refractivity contribution is -0.0507. The average Bonchev–Trinajstić information content (AvgIpc) is 2.52. The lowest BCUT2D eigenvalue weighted by atomic mass is 10.1. The number of benzene rings is 1. The van der Waals surface area contributed by atoms with Crippen molar-refractivity contribution in [3.05, 3.63) is 29.8 Å². The van der Waals surface area contributed by atoms with Gasteiger partial charge >= 0.3 is 6.03 Å². The lowest BCUT2D eigenvalue weighted by Crippen LogP contribution is -2.49. The molecule has 0 aliphatic heterocycles. The summed E-state index contributed by atoms with van der Waals surface area (Å²) >= 11 is 0. The Bertz CT molecular complexity index is 458. The fourth-order valence-electron chi connectivity index (χ4n) is 1.53. The Hall–Kier alpha value is -1.67. The van der Waals surface area contributed by atoms with E-state index in [1.54, 1.807) is 12.1 Å². The Kier molecular flexibility index (Phi) is 7.26. The van der Waals surface area contributed by atoms with E-state index in [4.69, 9.17) is 14.9 Å². The van der Waals surface area contributed by atoms with E-state index in [2.05, 4.69) is 10.6 Å². The number of rotatable bonds is 8. The van der Waals surface area contributed by atoms with Crippen LogP contribution in [0.3, 0.4) is 0 Å². The molecule has 0 heterocycles. The second-order valence-electron chi connectivity index (χ2n) is 5.40. The van der Waals surface area contributed by atoms with Gasteiger partial charge in [-0.3, -0.25) is 0 Å². The van der Waals surface area contributed by atoms with Crippen LogP contribution >= 0.6 is 0 Å². The van der Waals surface area contributed by atoms with Crippen LogP contribution in [0.15, 0.2) is 24.3 Å². The molecule has 1 aromatic carbocycles. The van der Waals surface area contributed by atoms with E-state index in [9.17, 15) is 9.90 Å². The Morgan fingerprint density at radius 3 is 2.32 bits per heavy atom. The topological polar surface area (TPSA) is 111 Å². The highest BCUT2D eigenvalue weighted by Gasteiger charge is 2.25. The number of urea groups is 1. The SMILES string of the molecule is CC(C)OCc1ccc(NC(=O)NCC(O)(CO)CO)cc1. The summed E-state index contributed by atoms with van der Waals surface area (Å²) in [6.07, 6.45) is 0.153. The van der Waals surface area contributed by atoms with E-state index in [0.717, 1.165) is 5.56 Å². The maximum absolute atomic E-state index is 11.7. The number of anilines is 1. The molecular weight excluding hydrogens is 288 g/mol. The minimum absolute atomic E-state index is 0.153. The number of aliphatic hydroxyl groups is 3. The predicted octanol–water partition coefficient (Wildman–Crippen LogP) is 0.449. The molecule has 124 valence electrons. The Labute approximate surface area is 129 Å². The number of hydrogen-bond donors (Lipinski definition) is 5. The maximum Gasteiger partial charge on any atom is 0.319 e. The van der Waals surface area contributed by atoms with Gasteiger partial charge in [0.15, 0.2) is 0 Å². The molecule has 0 radical (unpaired) electrons. The molecule has 2 amide bonds. The summed E-state index contributed by atoms with van der Waals surface area (Å²) in [5.41, 5.74) is -0.146. The largest absolute Gasteiger partial charge is 0.393 e. The molecule has 0 fully saturated rings. The number of aliphatic hydroxyl groups excluding tert-OH is 2. The van der Waals surface area contributed by atoms with Gasteiger partial charge in [0.05, 0.1) is 32.5 Å². The van der Waals surface area contributed by atoms with Gasteiger partial charge in [-0.25, -0.2) is 4.79 Å². The molecule has 7 heteroatoms. The van der Waals surface area contributed by atoms with Crippen LogP contribution in [-0.2, 0) is 11.3 Å². The fourth-order valence-corrected chi connectivity index (χ4v) is 1.53. The van der Waals surface area contributed by atoms with Crippen molar-refractivity contribution in [1.29, 1.82) is 0 Å². The molecule has 0 atom stereocenters. The molecule has 5 N–H and O–H groups in total. The minimum Gasteiger partial charge on any atom is -0.393 e. The zero-order valence-electron chi connectivity index (χ0n) is 12.9. The average molecular weight is 312 g/mol. The highest BCUT2D eigenvalue weighted by atomic mass is 16.5. The smallest absolute Gasteiger partial charge is 0.319 e. The van der Waals surface area contributed by atoms with Crippen LogP contribution in [0.2, 0.25) is 0 Å². The molecule has 7 nitrogen and oxygen atoms in total.